The maximum absolute atomic E-state index is 14.6. The van der Waals surface area contributed by atoms with Crippen molar-refractivity contribution >= 4 is 27.5 Å². The van der Waals surface area contributed by atoms with Crippen molar-refractivity contribution in [2.45, 2.75) is 70.9 Å². The first-order valence-electron chi connectivity index (χ1n) is 16.0. The van der Waals surface area contributed by atoms with Crippen LogP contribution in [0.15, 0.2) is 108 Å². The van der Waals surface area contributed by atoms with Crippen molar-refractivity contribution in [3.8, 4) is 0 Å². The molecular formula is C38H45N3O4S. The van der Waals surface area contributed by atoms with Crippen molar-refractivity contribution in [3.05, 3.63) is 131 Å². The van der Waals surface area contributed by atoms with Crippen LogP contribution in [0, 0.1) is 13.8 Å². The summed E-state index contributed by atoms with van der Waals surface area (Å²) in [6.45, 7) is 8.06. The topological polar surface area (TPSA) is 86.8 Å². The van der Waals surface area contributed by atoms with Gasteiger partial charge in [0.15, 0.2) is 0 Å². The van der Waals surface area contributed by atoms with Crippen LogP contribution in [0.5, 0.6) is 0 Å². The summed E-state index contributed by atoms with van der Waals surface area (Å²) in [7, 11) is -4.15. The van der Waals surface area contributed by atoms with Gasteiger partial charge in [-0.05, 0) is 61.6 Å². The number of hydrogen-bond acceptors (Lipinski definition) is 4. The van der Waals surface area contributed by atoms with Crippen LogP contribution in [0.25, 0.3) is 0 Å². The summed E-state index contributed by atoms with van der Waals surface area (Å²) in [5, 5.41) is 3.03. The van der Waals surface area contributed by atoms with Gasteiger partial charge in [-0.25, -0.2) is 8.42 Å². The average molecular weight is 640 g/mol. The molecule has 0 aliphatic carbocycles. The summed E-state index contributed by atoms with van der Waals surface area (Å²) in [6.07, 6.45) is 2.59. The lowest BCUT2D eigenvalue weighted by molar-refractivity contribution is -0.140. The summed E-state index contributed by atoms with van der Waals surface area (Å²) < 4.78 is 29.8. The Bertz CT molecular complexity index is 1690. The zero-order valence-corrected chi connectivity index (χ0v) is 28.1. The highest BCUT2D eigenvalue weighted by atomic mass is 32.2. The van der Waals surface area contributed by atoms with Gasteiger partial charge in [0.25, 0.3) is 10.0 Å². The molecule has 0 saturated carbocycles. The molecule has 0 aliphatic rings. The van der Waals surface area contributed by atoms with Crippen LogP contribution in [0.1, 0.15) is 54.5 Å². The van der Waals surface area contributed by atoms with Gasteiger partial charge in [-0.1, -0.05) is 116 Å². The largest absolute Gasteiger partial charge is 0.354 e. The number of anilines is 1. The van der Waals surface area contributed by atoms with Gasteiger partial charge < -0.3 is 10.2 Å². The molecule has 0 bridgehead atoms. The minimum Gasteiger partial charge on any atom is -0.354 e. The summed E-state index contributed by atoms with van der Waals surface area (Å²) >= 11 is 0. The summed E-state index contributed by atoms with van der Waals surface area (Å²) in [4.78, 5) is 30.2. The number of rotatable bonds is 15. The number of amides is 2. The number of benzene rings is 4. The van der Waals surface area contributed by atoms with E-state index in [2.05, 4.69) is 12.2 Å². The molecule has 242 valence electrons. The van der Waals surface area contributed by atoms with Crippen molar-refractivity contribution in [2.24, 2.45) is 0 Å². The highest BCUT2D eigenvalue weighted by Crippen LogP contribution is 2.29. The van der Waals surface area contributed by atoms with Crippen molar-refractivity contribution in [1.29, 1.82) is 0 Å². The Morgan fingerprint density at radius 3 is 2.00 bits per heavy atom. The minimum absolute atomic E-state index is 0.0973. The third-order valence-electron chi connectivity index (χ3n) is 8.10. The molecule has 1 N–H and O–H groups in total. The molecule has 0 spiro atoms. The van der Waals surface area contributed by atoms with E-state index in [-0.39, 0.29) is 23.8 Å². The quantitative estimate of drug-likeness (QED) is 0.148. The number of nitrogens with one attached hydrogen (secondary N) is 1. The highest BCUT2D eigenvalue weighted by Gasteiger charge is 2.35. The van der Waals surface area contributed by atoms with Crippen LogP contribution in [-0.2, 0) is 39.0 Å². The predicted molar refractivity (Wildman–Crippen MR) is 185 cm³/mol. The van der Waals surface area contributed by atoms with Crippen molar-refractivity contribution in [3.63, 3.8) is 0 Å². The Kier molecular flexibility index (Phi) is 12.1. The lowest BCUT2D eigenvalue weighted by atomic mass is 10.0. The van der Waals surface area contributed by atoms with Crippen LogP contribution in [0.4, 0.5) is 5.69 Å². The number of para-hydroxylation sites is 1. The van der Waals surface area contributed by atoms with E-state index in [1.807, 2.05) is 87.5 Å². The van der Waals surface area contributed by atoms with Gasteiger partial charge in [0, 0.05) is 19.5 Å². The molecule has 0 unspecified atom stereocenters. The molecule has 0 radical (unpaired) electrons. The molecule has 0 aliphatic heterocycles. The van der Waals surface area contributed by atoms with E-state index in [0.29, 0.717) is 18.7 Å². The number of hydrogen-bond donors (Lipinski definition) is 1. The Labute approximate surface area is 274 Å². The lowest BCUT2D eigenvalue weighted by Gasteiger charge is -2.34. The first kappa shape index (κ1) is 34.4. The fraction of sp³-hybridized carbons (Fsp3) is 0.316. The van der Waals surface area contributed by atoms with Crippen LogP contribution in [0.3, 0.4) is 0 Å². The Morgan fingerprint density at radius 1 is 0.761 bits per heavy atom. The molecule has 0 heterocycles. The number of unbranched alkanes of at least 4 members (excludes halogenated alkanes) is 1. The Balaban J connectivity index is 1.81. The van der Waals surface area contributed by atoms with Crippen molar-refractivity contribution in [2.75, 3.05) is 17.4 Å². The molecule has 46 heavy (non-hydrogen) atoms. The number of sulfonamides is 1. The normalized spacial score (nSPS) is 11.9. The van der Waals surface area contributed by atoms with E-state index in [1.165, 1.54) is 4.31 Å². The van der Waals surface area contributed by atoms with Gasteiger partial charge in [0.05, 0.1) is 10.6 Å². The third kappa shape index (κ3) is 8.85. The van der Waals surface area contributed by atoms with E-state index < -0.39 is 28.5 Å². The standard InChI is InChI=1S/C38H45N3O4S/c1-5-7-25-39-38(43)36(26-31-13-9-8-10-14-31)40(27-32-21-17-29(3)18-22-32)37(42)28-41(35-16-12-11-15-33(35)6-2)46(44,45)34-23-19-30(4)20-24-34/h8-24,36H,5-7,25-28H2,1-4H3,(H,39,43)/t36-/m0/s1. The molecule has 1 atom stereocenters. The second-order valence-corrected chi connectivity index (χ2v) is 13.5. The maximum Gasteiger partial charge on any atom is 0.264 e. The van der Waals surface area contributed by atoms with E-state index in [1.54, 1.807) is 41.3 Å². The molecular weight excluding hydrogens is 595 g/mol. The zero-order chi connectivity index (χ0) is 33.1. The Morgan fingerprint density at radius 2 is 1.37 bits per heavy atom. The van der Waals surface area contributed by atoms with Crippen LogP contribution in [-0.4, -0.2) is 44.3 Å². The van der Waals surface area contributed by atoms with Gasteiger partial charge in [-0.3, -0.25) is 13.9 Å². The Hall–Kier alpha value is -4.43. The third-order valence-corrected chi connectivity index (χ3v) is 9.88. The van der Waals surface area contributed by atoms with Crippen LogP contribution >= 0.6 is 0 Å². The van der Waals surface area contributed by atoms with Crippen LogP contribution in [0.2, 0.25) is 0 Å². The molecule has 0 saturated heterocycles. The predicted octanol–water partition coefficient (Wildman–Crippen LogP) is 6.62. The molecule has 7 nitrogen and oxygen atoms in total. The van der Waals surface area contributed by atoms with Crippen molar-refractivity contribution in [1.82, 2.24) is 10.2 Å². The van der Waals surface area contributed by atoms with Crippen molar-refractivity contribution < 1.29 is 18.0 Å². The fourth-order valence-corrected chi connectivity index (χ4v) is 6.81. The van der Waals surface area contributed by atoms with Crippen LogP contribution < -0.4 is 9.62 Å². The van der Waals surface area contributed by atoms with Gasteiger partial charge >= 0.3 is 0 Å². The lowest BCUT2D eigenvalue weighted by Crippen LogP contribution is -2.53. The molecule has 4 aromatic rings. The molecule has 0 aromatic heterocycles. The first-order chi connectivity index (χ1) is 22.1. The van der Waals surface area contributed by atoms with E-state index in [9.17, 15) is 18.0 Å². The number of carbonyl (C=O) groups is 2. The van der Waals surface area contributed by atoms with Gasteiger partial charge in [-0.2, -0.15) is 0 Å². The van der Waals surface area contributed by atoms with E-state index >= 15 is 0 Å². The maximum atomic E-state index is 14.6. The monoisotopic (exact) mass is 639 g/mol. The summed E-state index contributed by atoms with van der Waals surface area (Å²) in [6, 6.07) is 30.5. The number of nitrogens with zero attached hydrogens (tertiary/aromatic N) is 2. The molecule has 4 aromatic carbocycles. The summed E-state index contributed by atoms with van der Waals surface area (Å²) in [5.74, 6) is -0.728. The van der Waals surface area contributed by atoms with Gasteiger partial charge in [0.2, 0.25) is 11.8 Å². The van der Waals surface area contributed by atoms with E-state index in [4.69, 9.17) is 0 Å². The molecule has 4 rings (SSSR count). The SMILES string of the molecule is CCCCNC(=O)[C@H](Cc1ccccc1)N(Cc1ccc(C)cc1)C(=O)CN(c1ccccc1CC)S(=O)(=O)c1ccc(C)cc1. The number of carbonyl (C=O) groups excluding carboxylic acids is 2. The molecule has 2 amide bonds. The first-order valence-corrected chi connectivity index (χ1v) is 17.4. The number of aryl methyl sites for hydroxylation is 3. The molecule has 0 fully saturated rings. The molecule has 8 heteroatoms. The minimum atomic E-state index is -4.15. The fourth-order valence-electron chi connectivity index (χ4n) is 5.35. The van der Waals surface area contributed by atoms with Gasteiger partial charge in [-0.15, -0.1) is 0 Å². The second kappa shape index (κ2) is 16.2. The van der Waals surface area contributed by atoms with Gasteiger partial charge in [0.1, 0.15) is 12.6 Å². The summed E-state index contributed by atoms with van der Waals surface area (Å²) in [5.41, 5.74) is 5.00. The second-order valence-electron chi connectivity index (χ2n) is 11.7. The zero-order valence-electron chi connectivity index (χ0n) is 27.3. The van der Waals surface area contributed by atoms with E-state index in [0.717, 1.165) is 40.7 Å². The highest BCUT2D eigenvalue weighted by molar-refractivity contribution is 7.92. The average Bonchev–Trinajstić information content (AvgIpc) is 3.06. The smallest absolute Gasteiger partial charge is 0.264 e.